The minimum absolute atomic E-state index is 0.154. The van der Waals surface area contributed by atoms with E-state index in [0.29, 0.717) is 16.8 Å². The molecule has 112 valence electrons. The Balaban J connectivity index is 2.21. The van der Waals surface area contributed by atoms with E-state index in [-0.39, 0.29) is 5.56 Å². The number of thiophene rings is 1. The lowest BCUT2D eigenvalue weighted by molar-refractivity contribution is 0.340. The minimum Gasteiger partial charge on any atom is -0.494 e. The van der Waals surface area contributed by atoms with Crippen LogP contribution in [0.5, 0.6) is 5.75 Å². The monoisotopic (exact) mass is 330 g/mol. The molecule has 0 unspecified atom stereocenters. The molecule has 0 aliphatic carbocycles. The van der Waals surface area contributed by atoms with Gasteiger partial charge in [-0.25, -0.2) is 0 Å². The molecule has 0 atom stereocenters. The maximum atomic E-state index is 12.6. The zero-order valence-electron chi connectivity index (χ0n) is 12.0. The topological polar surface area (TPSA) is 47.0 Å². The van der Waals surface area contributed by atoms with Crippen LogP contribution in [0.1, 0.15) is 6.92 Å². The summed E-state index contributed by atoms with van der Waals surface area (Å²) in [6.07, 6.45) is 1.43. The average molecular weight is 330 g/mol. The summed E-state index contributed by atoms with van der Waals surface area (Å²) in [5.74, 6) is 0.814. The molecule has 1 N–H and O–H groups in total. The molecule has 0 saturated carbocycles. The smallest absolute Gasteiger partial charge is 0.267 e. The first-order valence-electron chi connectivity index (χ1n) is 6.77. The molecule has 0 spiro atoms. The molecule has 3 rings (SSSR count). The molecule has 1 aromatic carbocycles. The van der Waals surface area contributed by atoms with Gasteiger partial charge >= 0.3 is 0 Å². The molecule has 0 saturated heterocycles. The average Bonchev–Trinajstić information content (AvgIpc) is 2.92. The van der Waals surface area contributed by atoms with Gasteiger partial charge in [-0.05, 0) is 36.8 Å². The van der Waals surface area contributed by atoms with Crippen LogP contribution in [0, 0.1) is 4.77 Å². The Morgan fingerprint density at radius 3 is 2.77 bits per heavy atom. The maximum absolute atomic E-state index is 12.6. The third-order valence-corrected chi connectivity index (χ3v) is 4.52. The number of H-pyrrole nitrogens is 1. The molecular weight excluding hydrogens is 316 g/mol. The van der Waals surface area contributed by atoms with Gasteiger partial charge in [-0.15, -0.1) is 11.3 Å². The van der Waals surface area contributed by atoms with Gasteiger partial charge in [-0.1, -0.05) is 18.7 Å². The lowest BCUT2D eigenvalue weighted by Crippen LogP contribution is -2.17. The first-order chi connectivity index (χ1) is 10.7. The summed E-state index contributed by atoms with van der Waals surface area (Å²) in [6.45, 7) is 6.21. The first-order valence-corrected chi connectivity index (χ1v) is 8.06. The number of aromatic amines is 1. The molecule has 0 aliphatic heterocycles. The van der Waals surface area contributed by atoms with Gasteiger partial charge in [-0.3, -0.25) is 9.36 Å². The summed E-state index contributed by atoms with van der Waals surface area (Å²) in [5, 5.41) is 2.59. The van der Waals surface area contributed by atoms with Gasteiger partial charge in [0.2, 0.25) is 0 Å². The van der Waals surface area contributed by atoms with Crippen molar-refractivity contribution in [1.82, 2.24) is 9.55 Å². The number of benzene rings is 1. The third-order valence-electron chi connectivity index (χ3n) is 3.32. The SMILES string of the molecule is C=Cn1c(=S)[nH]c2scc(-c3ccc(OCC)cc3)c2c1=O. The summed E-state index contributed by atoms with van der Waals surface area (Å²) in [4.78, 5) is 16.4. The largest absolute Gasteiger partial charge is 0.494 e. The highest BCUT2D eigenvalue weighted by Crippen LogP contribution is 2.31. The second-order valence-corrected chi connectivity index (χ2v) is 5.87. The Morgan fingerprint density at radius 2 is 2.14 bits per heavy atom. The van der Waals surface area contributed by atoms with E-state index in [1.165, 1.54) is 22.1 Å². The van der Waals surface area contributed by atoms with Gasteiger partial charge in [0, 0.05) is 17.1 Å². The van der Waals surface area contributed by atoms with Gasteiger partial charge in [0.05, 0.1) is 12.0 Å². The van der Waals surface area contributed by atoms with E-state index in [1.54, 1.807) is 0 Å². The van der Waals surface area contributed by atoms with E-state index in [1.807, 2.05) is 36.6 Å². The number of nitrogens with zero attached hydrogens (tertiary/aromatic N) is 1. The molecule has 0 fully saturated rings. The highest BCUT2D eigenvalue weighted by molar-refractivity contribution is 7.71. The molecule has 0 radical (unpaired) electrons. The molecular formula is C16H14N2O2S2. The fourth-order valence-electron chi connectivity index (χ4n) is 2.31. The second kappa shape index (κ2) is 5.90. The second-order valence-electron chi connectivity index (χ2n) is 4.60. The number of nitrogens with one attached hydrogen (secondary N) is 1. The van der Waals surface area contributed by atoms with E-state index in [9.17, 15) is 4.79 Å². The molecule has 0 bridgehead atoms. The predicted molar refractivity (Wildman–Crippen MR) is 94.3 cm³/mol. The van der Waals surface area contributed by atoms with Crippen LogP contribution < -0.4 is 10.3 Å². The molecule has 3 aromatic rings. The molecule has 6 heteroatoms. The van der Waals surface area contributed by atoms with Crippen molar-refractivity contribution in [2.75, 3.05) is 6.61 Å². The highest BCUT2D eigenvalue weighted by Gasteiger charge is 2.13. The predicted octanol–water partition coefficient (Wildman–Crippen LogP) is 4.29. The Labute approximate surface area is 136 Å². The van der Waals surface area contributed by atoms with Crippen molar-refractivity contribution in [2.24, 2.45) is 0 Å². The van der Waals surface area contributed by atoms with Crippen molar-refractivity contribution in [2.45, 2.75) is 6.92 Å². The van der Waals surface area contributed by atoms with Gasteiger partial charge < -0.3 is 9.72 Å². The number of fused-ring (bicyclic) bond motifs is 1. The van der Waals surface area contributed by atoms with E-state index in [0.717, 1.165) is 21.7 Å². The number of rotatable bonds is 4. The normalized spacial score (nSPS) is 10.8. The van der Waals surface area contributed by atoms with Gasteiger partial charge in [0.25, 0.3) is 5.56 Å². The summed E-state index contributed by atoms with van der Waals surface area (Å²) in [7, 11) is 0. The van der Waals surface area contributed by atoms with Crippen LogP contribution in [-0.2, 0) is 0 Å². The summed E-state index contributed by atoms with van der Waals surface area (Å²) < 4.78 is 7.15. The highest BCUT2D eigenvalue weighted by atomic mass is 32.1. The van der Waals surface area contributed by atoms with Crippen LogP contribution in [0.15, 0.2) is 41.0 Å². The molecule has 2 heterocycles. The lowest BCUT2D eigenvalue weighted by atomic mass is 10.1. The fourth-order valence-corrected chi connectivity index (χ4v) is 3.59. The van der Waals surface area contributed by atoms with Crippen LogP contribution in [0.3, 0.4) is 0 Å². The van der Waals surface area contributed by atoms with Crippen molar-refractivity contribution < 1.29 is 4.74 Å². The number of aromatic nitrogens is 2. The van der Waals surface area contributed by atoms with Crippen molar-refractivity contribution in [3.63, 3.8) is 0 Å². The number of hydrogen-bond donors (Lipinski definition) is 1. The summed E-state index contributed by atoms with van der Waals surface area (Å²) in [5.41, 5.74) is 1.70. The van der Waals surface area contributed by atoms with Crippen molar-refractivity contribution in [1.29, 1.82) is 0 Å². The first kappa shape index (κ1) is 14.7. The quantitative estimate of drug-likeness (QED) is 0.726. The standard InChI is InChI=1S/C16H14N2O2S2/c1-3-18-15(19)13-12(9-22-14(13)17-16(18)21)10-5-7-11(8-6-10)20-4-2/h3,5-9H,1,4H2,2H3,(H,17,21). The van der Waals surface area contributed by atoms with Crippen LogP contribution in [0.2, 0.25) is 0 Å². The van der Waals surface area contributed by atoms with Crippen LogP contribution in [-0.4, -0.2) is 16.2 Å². The van der Waals surface area contributed by atoms with E-state index in [4.69, 9.17) is 17.0 Å². The Kier molecular flexibility index (Phi) is 3.96. The van der Waals surface area contributed by atoms with Crippen molar-refractivity contribution in [3.05, 3.63) is 51.3 Å². The van der Waals surface area contributed by atoms with Crippen molar-refractivity contribution >= 4 is 40.0 Å². The van der Waals surface area contributed by atoms with E-state index in [2.05, 4.69) is 11.6 Å². The lowest BCUT2D eigenvalue weighted by Gasteiger charge is -2.05. The minimum atomic E-state index is -0.154. The van der Waals surface area contributed by atoms with Crippen molar-refractivity contribution in [3.8, 4) is 16.9 Å². The Hall–Kier alpha value is -2.18. The zero-order valence-corrected chi connectivity index (χ0v) is 13.6. The molecule has 0 amide bonds. The Morgan fingerprint density at radius 1 is 1.41 bits per heavy atom. The van der Waals surface area contributed by atoms with Crippen LogP contribution >= 0.6 is 23.6 Å². The third kappa shape index (κ3) is 2.40. The Bertz CT molecular complexity index is 949. The molecule has 0 aliphatic rings. The van der Waals surface area contributed by atoms with Gasteiger partial charge in [-0.2, -0.15) is 0 Å². The fraction of sp³-hybridized carbons (Fsp3) is 0.125. The van der Waals surface area contributed by atoms with Gasteiger partial charge in [0.15, 0.2) is 4.77 Å². The van der Waals surface area contributed by atoms with E-state index < -0.39 is 0 Å². The summed E-state index contributed by atoms with van der Waals surface area (Å²) >= 11 is 6.63. The maximum Gasteiger partial charge on any atom is 0.267 e. The van der Waals surface area contributed by atoms with Crippen LogP contribution in [0.4, 0.5) is 0 Å². The zero-order chi connectivity index (χ0) is 15.7. The molecule has 22 heavy (non-hydrogen) atoms. The van der Waals surface area contributed by atoms with Crippen LogP contribution in [0.25, 0.3) is 27.5 Å². The molecule has 2 aromatic heterocycles. The molecule has 4 nitrogen and oxygen atoms in total. The van der Waals surface area contributed by atoms with E-state index >= 15 is 0 Å². The summed E-state index contributed by atoms with van der Waals surface area (Å²) in [6, 6.07) is 7.70. The number of ether oxygens (including phenoxy) is 1. The number of hydrogen-bond acceptors (Lipinski definition) is 4. The van der Waals surface area contributed by atoms with Gasteiger partial charge in [0.1, 0.15) is 10.6 Å².